The van der Waals surface area contributed by atoms with E-state index in [1.54, 1.807) is 25.1 Å². The van der Waals surface area contributed by atoms with Gasteiger partial charge in [0.05, 0.1) is 25.5 Å². The number of nitrogens with one attached hydrogen (secondary N) is 1. The number of nitrogens with zero attached hydrogens (tertiary/aromatic N) is 2. The lowest BCUT2D eigenvalue weighted by atomic mass is 9.97. The van der Waals surface area contributed by atoms with Gasteiger partial charge in [-0.05, 0) is 57.2 Å². The monoisotopic (exact) mass is 421 g/mol. The third kappa shape index (κ3) is 5.16. The fourth-order valence-corrected chi connectivity index (χ4v) is 4.53. The fourth-order valence-electron chi connectivity index (χ4n) is 3.35. The second-order valence-corrected chi connectivity index (χ2v) is 8.49. The van der Waals surface area contributed by atoms with E-state index in [4.69, 9.17) is 9.47 Å². The third-order valence-electron chi connectivity index (χ3n) is 4.71. The van der Waals surface area contributed by atoms with Crippen molar-refractivity contribution in [3.63, 3.8) is 0 Å². The summed E-state index contributed by atoms with van der Waals surface area (Å²) in [4.78, 5) is 12.3. The molecule has 3 rings (SSSR count). The van der Waals surface area contributed by atoms with Gasteiger partial charge in [-0.2, -0.15) is 5.10 Å². The number of aryl methyl sites for hydroxylation is 2. The molecular formula is C20H27N3O5S. The van der Waals surface area contributed by atoms with Gasteiger partial charge in [-0.1, -0.05) is 0 Å². The molecule has 1 N–H and O–H groups in total. The maximum Gasteiger partial charge on any atom is 0.267 e. The predicted molar refractivity (Wildman–Crippen MR) is 109 cm³/mol. The van der Waals surface area contributed by atoms with Gasteiger partial charge in [0.2, 0.25) is 10.0 Å². The number of rotatable bonds is 9. The Morgan fingerprint density at radius 3 is 2.62 bits per heavy atom. The van der Waals surface area contributed by atoms with Crippen molar-refractivity contribution in [2.45, 2.75) is 51.0 Å². The van der Waals surface area contributed by atoms with Gasteiger partial charge in [0.25, 0.3) is 5.56 Å². The van der Waals surface area contributed by atoms with Crippen molar-refractivity contribution in [1.82, 2.24) is 14.5 Å². The van der Waals surface area contributed by atoms with Gasteiger partial charge in [0.15, 0.2) is 0 Å². The van der Waals surface area contributed by atoms with Gasteiger partial charge < -0.3 is 9.47 Å². The number of sulfonamides is 1. The van der Waals surface area contributed by atoms with E-state index in [0.29, 0.717) is 19.0 Å². The first kappa shape index (κ1) is 21.3. The molecule has 1 aromatic carbocycles. The molecule has 0 fully saturated rings. The highest BCUT2D eigenvalue weighted by Gasteiger charge is 2.21. The second kappa shape index (κ2) is 9.41. The summed E-state index contributed by atoms with van der Waals surface area (Å²) in [5.74, 6) is 0.705. The molecule has 1 heterocycles. The zero-order chi connectivity index (χ0) is 20.9. The lowest BCUT2D eigenvalue weighted by Gasteiger charge is -2.16. The Bertz CT molecular complexity index is 1020. The van der Waals surface area contributed by atoms with E-state index in [0.717, 1.165) is 36.9 Å². The molecule has 0 saturated carbocycles. The zero-order valence-electron chi connectivity index (χ0n) is 16.8. The van der Waals surface area contributed by atoms with E-state index < -0.39 is 10.0 Å². The number of fused-ring (bicyclic) bond motifs is 1. The van der Waals surface area contributed by atoms with Gasteiger partial charge >= 0.3 is 0 Å². The summed E-state index contributed by atoms with van der Waals surface area (Å²) in [6, 6.07) is 6.32. The van der Waals surface area contributed by atoms with E-state index in [-0.39, 0.29) is 29.3 Å². The van der Waals surface area contributed by atoms with E-state index in [2.05, 4.69) is 9.82 Å². The minimum atomic E-state index is -3.85. The molecule has 9 heteroatoms. The van der Waals surface area contributed by atoms with Crippen LogP contribution in [0.3, 0.4) is 0 Å². The summed E-state index contributed by atoms with van der Waals surface area (Å²) in [6.45, 7) is 4.57. The van der Waals surface area contributed by atoms with Crippen LogP contribution in [0.5, 0.6) is 11.5 Å². The van der Waals surface area contributed by atoms with Crippen molar-refractivity contribution in [2.24, 2.45) is 0 Å². The summed E-state index contributed by atoms with van der Waals surface area (Å²) in [6.07, 6.45) is 3.85. The number of hydrogen-bond donors (Lipinski definition) is 1. The standard InChI is InChI=1S/C20H27N3O5S/c1-3-27-16-9-10-18(28-4-2)19(14-16)29(25,26)21-11-12-23-20(24)13-15-7-5-6-8-17(15)22-23/h9-10,13-14,21H,3-8,11-12H2,1-2H3. The van der Waals surface area contributed by atoms with Crippen LogP contribution in [0.1, 0.15) is 37.9 Å². The average Bonchev–Trinajstić information content (AvgIpc) is 2.70. The number of hydrogen-bond acceptors (Lipinski definition) is 6. The van der Waals surface area contributed by atoms with Gasteiger partial charge in [-0.15, -0.1) is 0 Å². The van der Waals surface area contributed by atoms with Crippen LogP contribution < -0.4 is 19.8 Å². The van der Waals surface area contributed by atoms with E-state index in [9.17, 15) is 13.2 Å². The van der Waals surface area contributed by atoms with E-state index in [1.165, 1.54) is 10.7 Å². The normalized spacial score (nSPS) is 13.7. The van der Waals surface area contributed by atoms with Gasteiger partial charge in [-0.3, -0.25) is 4.79 Å². The van der Waals surface area contributed by atoms with Gasteiger partial charge in [0.1, 0.15) is 16.4 Å². The highest BCUT2D eigenvalue weighted by Crippen LogP contribution is 2.28. The van der Waals surface area contributed by atoms with Crippen molar-refractivity contribution in [3.8, 4) is 11.5 Å². The van der Waals surface area contributed by atoms with Crippen LogP contribution >= 0.6 is 0 Å². The SMILES string of the molecule is CCOc1ccc(OCC)c(S(=O)(=O)NCCn2nc3c(cc2=O)CCCC3)c1. The molecule has 2 aromatic rings. The molecule has 0 bridgehead atoms. The van der Waals surface area contributed by atoms with Gasteiger partial charge in [-0.25, -0.2) is 17.8 Å². The van der Waals surface area contributed by atoms with Crippen molar-refractivity contribution in [2.75, 3.05) is 19.8 Å². The largest absolute Gasteiger partial charge is 0.494 e. The van der Waals surface area contributed by atoms with Crippen molar-refractivity contribution >= 4 is 10.0 Å². The van der Waals surface area contributed by atoms with Crippen LogP contribution in [0.15, 0.2) is 34.0 Å². The first-order chi connectivity index (χ1) is 13.9. The molecular weight excluding hydrogens is 394 g/mol. The van der Waals surface area contributed by atoms with Crippen molar-refractivity contribution in [1.29, 1.82) is 0 Å². The Morgan fingerprint density at radius 1 is 1.10 bits per heavy atom. The van der Waals surface area contributed by atoms with Crippen LogP contribution in [0, 0.1) is 0 Å². The lowest BCUT2D eigenvalue weighted by molar-refractivity contribution is 0.322. The Hall–Kier alpha value is -2.39. The molecule has 8 nitrogen and oxygen atoms in total. The molecule has 1 aliphatic rings. The highest BCUT2D eigenvalue weighted by molar-refractivity contribution is 7.89. The van der Waals surface area contributed by atoms with Crippen molar-refractivity contribution < 1.29 is 17.9 Å². The quantitative estimate of drug-likeness (QED) is 0.664. The topological polar surface area (TPSA) is 99.5 Å². The number of benzene rings is 1. The average molecular weight is 422 g/mol. The Balaban J connectivity index is 1.75. The highest BCUT2D eigenvalue weighted by atomic mass is 32.2. The minimum Gasteiger partial charge on any atom is -0.494 e. The smallest absolute Gasteiger partial charge is 0.267 e. The molecule has 0 atom stereocenters. The van der Waals surface area contributed by atoms with Crippen LogP contribution in [0.25, 0.3) is 0 Å². The summed E-state index contributed by atoms with van der Waals surface area (Å²) in [5.41, 5.74) is 1.73. The third-order valence-corrected chi connectivity index (χ3v) is 6.19. The predicted octanol–water partition coefficient (Wildman–Crippen LogP) is 1.90. The maximum atomic E-state index is 12.8. The Morgan fingerprint density at radius 2 is 1.86 bits per heavy atom. The summed E-state index contributed by atoms with van der Waals surface area (Å²) in [7, 11) is -3.85. The first-order valence-corrected chi connectivity index (χ1v) is 11.4. The maximum absolute atomic E-state index is 12.8. The Labute approximate surface area is 170 Å². The number of aromatic nitrogens is 2. The van der Waals surface area contributed by atoms with E-state index >= 15 is 0 Å². The van der Waals surface area contributed by atoms with Crippen LogP contribution in [0.2, 0.25) is 0 Å². The molecule has 0 amide bonds. The molecule has 1 aliphatic carbocycles. The molecule has 158 valence electrons. The molecule has 0 unspecified atom stereocenters. The molecule has 0 radical (unpaired) electrons. The minimum absolute atomic E-state index is 0.0102. The lowest BCUT2D eigenvalue weighted by Crippen LogP contribution is -2.33. The van der Waals surface area contributed by atoms with Crippen LogP contribution in [0.4, 0.5) is 0 Å². The second-order valence-electron chi connectivity index (χ2n) is 6.76. The van der Waals surface area contributed by atoms with E-state index in [1.807, 2.05) is 6.92 Å². The van der Waals surface area contributed by atoms with Crippen LogP contribution in [-0.2, 0) is 29.4 Å². The van der Waals surface area contributed by atoms with Gasteiger partial charge in [0, 0.05) is 18.7 Å². The van der Waals surface area contributed by atoms with Crippen LogP contribution in [-0.4, -0.2) is 38.0 Å². The molecule has 1 aromatic heterocycles. The summed E-state index contributed by atoms with van der Waals surface area (Å²) < 4.78 is 40.4. The summed E-state index contributed by atoms with van der Waals surface area (Å²) in [5, 5.41) is 4.42. The fraction of sp³-hybridized carbons (Fsp3) is 0.500. The Kier molecular flexibility index (Phi) is 6.92. The summed E-state index contributed by atoms with van der Waals surface area (Å²) >= 11 is 0. The first-order valence-electron chi connectivity index (χ1n) is 9.94. The van der Waals surface area contributed by atoms with Crippen molar-refractivity contribution in [3.05, 3.63) is 45.9 Å². The molecule has 0 spiro atoms. The number of ether oxygens (including phenoxy) is 2. The molecule has 29 heavy (non-hydrogen) atoms. The molecule has 0 aliphatic heterocycles. The molecule has 0 saturated heterocycles. The zero-order valence-corrected chi connectivity index (χ0v) is 17.6.